The first kappa shape index (κ1) is 13.0. The van der Waals surface area contributed by atoms with Gasteiger partial charge in [0.25, 0.3) is 6.47 Å². The molecule has 0 bridgehead atoms. The minimum Gasteiger partial charge on any atom is -0.478 e. The number of ether oxygens (including phenoxy) is 1. The molecular weight excluding hydrogens is 208 g/mol. The topological polar surface area (TPSA) is 63.6 Å². The van der Waals surface area contributed by atoms with Crippen LogP contribution in [0.2, 0.25) is 0 Å². The zero-order valence-corrected chi connectivity index (χ0v) is 9.78. The third-order valence-corrected chi connectivity index (χ3v) is 3.54. The summed E-state index contributed by atoms with van der Waals surface area (Å²) in [6.45, 7) is 2.42. The number of carbonyl (C=O) groups excluding carboxylic acids is 1. The molecule has 0 aromatic rings. The number of hydrogen-bond acceptors (Lipinski definition) is 3. The highest BCUT2D eigenvalue weighted by atomic mass is 16.6. The summed E-state index contributed by atoms with van der Waals surface area (Å²) in [4.78, 5) is 21.5. The number of aliphatic carboxylic acids is 1. The second-order valence-corrected chi connectivity index (χ2v) is 4.60. The fourth-order valence-corrected chi connectivity index (χ4v) is 2.40. The first-order valence-electron chi connectivity index (χ1n) is 5.99. The van der Waals surface area contributed by atoms with Crippen LogP contribution in [0.3, 0.4) is 0 Å². The maximum atomic E-state index is 11.1. The van der Waals surface area contributed by atoms with E-state index in [9.17, 15) is 9.59 Å². The van der Waals surface area contributed by atoms with Crippen molar-refractivity contribution in [2.24, 2.45) is 5.92 Å². The van der Waals surface area contributed by atoms with E-state index in [1.54, 1.807) is 0 Å². The molecule has 0 spiro atoms. The minimum absolute atomic E-state index is 0.264. The molecule has 0 atom stereocenters. The van der Waals surface area contributed by atoms with Crippen molar-refractivity contribution in [3.8, 4) is 0 Å². The third-order valence-electron chi connectivity index (χ3n) is 3.54. The van der Waals surface area contributed by atoms with Crippen molar-refractivity contribution >= 4 is 12.4 Å². The van der Waals surface area contributed by atoms with Gasteiger partial charge in [0.2, 0.25) is 5.60 Å². The fraction of sp³-hybridized carbons (Fsp3) is 0.833. The van der Waals surface area contributed by atoms with Crippen molar-refractivity contribution in [3.63, 3.8) is 0 Å². The Labute approximate surface area is 96.0 Å². The lowest BCUT2D eigenvalue weighted by Gasteiger charge is -2.35. The van der Waals surface area contributed by atoms with Gasteiger partial charge < -0.3 is 9.84 Å². The Morgan fingerprint density at radius 3 is 2.56 bits per heavy atom. The average molecular weight is 228 g/mol. The Morgan fingerprint density at radius 2 is 2.12 bits per heavy atom. The molecule has 0 radical (unpaired) electrons. The molecule has 4 nitrogen and oxygen atoms in total. The van der Waals surface area contributed by atoms with Crippen molar-refractivity contribution in [2.45, 2.75) is 57.5 Å². The summed E-state index contributed by atoms with van der Waals surface area (Å²) in [6.07, 6.45) is 6.13. The molecule has 92 valence electrons. The SMILES string of the molecule is CCCCC1CCC(OC=O)(C(=O)O)CC1. The van der Waals surface area contributed by atoms with E-state index < -0.39 is 11.6 Å². The monoisotopic (exact) mass is 228 g/mol. The van der Waals surface area contributed by atoms with Crippen molar-refractivity contribution in [1.29, 1.82) is 0 Å². The van der Waals surface area contributed by atoms with E-state index in [-0.39, 0.29) is 6.47 Å². The molecule has 16 heavy (non-hydrogen) atoms. The minimum atomic E-state index is -1.25. The van der Waals surface area contributed by atoms with Crippen LogP contribution in [0.1, 0.15) is 51.9 Å². The second-order valence-electron chi connectivity index (χ2n) is 4.60. The van der Waals surface area contributed by atoms with Crippen molar-refractivity contribution in [2.75, 3.05) is 0 Å². The van der Waals surface area contributed by atoms with Crippen LogP contribution in [0.25, 0.3) is 0 Å². The molecule has 1 N–H and O–H groups in total. The molecule has 0 aromatic carbocycles. The van der Waals surface area contributed by atoms with Crippen LogP contribution in [-0.4, -0.2) is 23.1 Å². The first-order chi connectivity index (χ1) is 7.64. The van der Waals surface area contributed by atoms with Crippen LogP contribution in [0, 0.1) is 5.92 Å². The average Bonchev–Trinajstić information content (AvgIpc) is 2.28. The number of carbonyl (C=O) groups is 2. The maximum absolute atomic E-state index is 11.1. The van der Waals surface area contributed by atoms with Gasteiger partial charge in [0.05, 0.1) is 0 Å². The third kappa shape index (κ3) is 2.97. The van der Waals surface area contributed by atoms with E-state index in [4.69, 9.17) is 9.84 Å². The van der Waals surface area contributed by atoms with Crippen molar-refractivity contribution in [3.05, 3.63) is 0 Å². The zero-order chi connectivity index (χ0) is 12.0. The van der Waals surface area contributed by atoms with Gasteiger partial charge in [0, 0.05) is 0 Å². The quantitative estimate of drug-likeness (QED) is 0.709. The molecule has 4 heteroatoms. The zero-order valence-electron chi connectivity index (χ0n) is 9.78. The molecule has 1 saturated carbocycles. The molecule has 1 aliphatic carbocycles. The Hall–Kier alpha value is -1.06. The van der Waals surface area contributed by atoms with Gasteiger partial charge in [-0.3, -0.25) is 4.79 Å². The standard InChI is InChI=1S/C12H20O4/c1-2-3-4-10-5-7-12(8-6-10,11(14)15)16-9-13/h9-10H,2-8H2,1H3,(H,14,15). The molecule has 0 aromatic heterocycles. The largest absolute Gasteiger partial charge is 0.478 e. The molecule has 1 aliphatic rings. The van der Waals surface area contributed by atoms with E-state index in [0.29, 0.717) is 18.8 Å². The lowest BCUT2D eigenvalue weighted by molar-refractivity contribution is -0.175. The number of hydrogen-bond donors (Lipinski definition) is 1. The fourth-order valence-electron chi connectivity index (χ4n) is 2.40. The number of unbranched alkanes of at least 4 members (excludes halogenated alkanes) is 1. The normalized spacial score (nSPS) is 29.7. The van der Waals surface area contributed by atoms with E-state index >= 15 is 0 Å². The Morgan fingerprint density at radius 1 is 1.50 bits per heavy atom. The van der Waals surface area contributed by atoms with Gasteiger partial charge in [0.1, 0.15) is 0 Å². The highest BCUT2D eigenvalue weighted by Gasteiger charge is 2.43. The van der Waals surface area contributed by atoms with E-state index in [0.717, 1.165) is 19.3 Å². The molecule has 0 unspecified atom stereocenters. The van der Waals surface area contributed by atoms with E-state index in [2.05, 4.69) is 6.92 Å². The van der Waals surface area contributed by atoms with Crippen LogP contribution in [0.5, 0.6) is 0 Å². The van der Waals surface area contributed by atoms with Gasteiger partial charge in [0.15, 0.2) is 0 Å². The predicted octanol–water partition coefficient (Wildman–Crippen LogP) is 2.36. The molecule has 1 fully saturated rings. The number of carboxylic acid groups (broad SMARTS) is 1. The molecule has 0 amide bonds. The van der Waals surface area contributed by atoms with Crippen LogP contribution < -0.4 is 0 Å². The number of carboxylic acids is 1. The van der Waals surface area contributed by atoms with E-state index in [1.807, 2.05) is 0 Å². The van der Waals surface area contributed by atoms with Gasteiger partial charge in [-0.2, -0.15) is 0 Å². The Bertz CT molecular complexity index is 241. The summed E-state index contributed by atoms with van der Waals surface area (Å²) < 4.78 is 4.80. The van der Waals surface area contributed by atoms with Crippen LogP contribution >= 0.6 is 0 Å². The molecule has 0 saturated heterocycles. The Kier molecular flexibility index (Phi) is 4.77. The molecule has 1 rings (SSSR count). The lowest BCUT2D eigenvalue weighted by Crippen LogP contribution is -2.44. The number of rotatable bonds is 6. The van der Waals surface area contributed by atoms with Gasteiger partial charge >= 0.3 is 5.97 Å². The maximum Gasteiger partial charge on any atom is 0.348 e. The molecule has 0 heterocycles. The smallest absolute Gasteiger partial charge is 0.348 e. The van der Waals surface area contributed by atoms with Crippen LogP contribution in [0.4, 0.5) is 0 Å². The summed E-state index contributed by atoms with van der Waals surface area (Å²) in [5.74, 6) is -0.406. The summed E-state index contributed by atoms with van der Waals surface area (Å²) in [5.41, 5.74) is -1.25. The first-order valence-corrected chi connectivity index (χ1v) is 5.99. The summed E-state index contributed by atoms with van der Waals surface area (Å²) in [7, 11) is 0. The lowest BCUT2D eigenvalue weighted by atomic mass is 9.77. The molecular formula is C12H20O4. The highest BCUT2D eigenvalue weighted by molar-refractivity contribution is 5.79. The van der Waals surface area contributed by atoms with Gasteiger partial charge in [-0.1, -0.05) is 26.2 Å². The summed E-state index contributed by atoms with van der Waals surface area (Å²) in [6, 6.07) is 0. The predicted molar refractivity (Wildman–Crippen MR) is 59.0 cm³/mol. The highest BCUT2D eigenvalue weighted by Crippen LogP contribution is 2.36. The summed E-state index contributed by atoms with van der Waals surface area (Å²) >= 11 is 0. The van der Waals surface area contributed by atoms with Crippen LogP contribution in [0.15, 0.2) is 0 Å². The second kappa shape index (κ2) is 5.87. The molecule has 0 aliphatic heterocycles. The van der Waals surface area contributed by atoms with Crippen LogP contribution in [-0.2, 0) is 14.3 Å². The van der Waals surface area contributed by atoms with Gasteiger partial charge in [-0.25, -0.2) is 4.79 Å². The van der Waals surface area contributed by atoms with Gasteiger partial charge in [-0.15, -0.1) is 0 Å². The van der Waals surface area contributed by atoms with Crippen molar-refractivity contribution < 1.29 is 19.4 Å². The summed E-state index contributed by atoms with van der Waals surface area (Å²) in [5, 5.41) is 9.10. The van der Waals surface area contributed by atoms with Gasteiger partial charge in [-0.05, 0) is 31.6 Å². The van der Waals surface area contributed by atoms with Crippen molar-refractivity contribution in [1.82, 2.24) is 0 Å². The van der Waals surface area contributed by atoms with E-state index in [1.165, 1.54) is 12.8 Å². The Balaban J connectivity index is 2.49.